The molecule has 0 amide bonds. The SMILES string of the molecule is CCOC(=O)c1c(C)n(CCN=[N+]=[N-])c2c1cc(OC)c1ccccc12. The van der Waals surface area contributed by atoms with Crippen LogP contribution in [0.4, 0.5) is 0 Å². The predicted molar refractivity (Wildman–Crippen MR) is 101 cm³/mol. The lowest BCUT2D eigenvalue weighted by Crippen LogP contribution is -2.08. The molecule has 7 nitrogen and oxygen atoms in total. The average Bonchev–Trinajstić information content (AvgIpc) is 2.93. The van der Waals surface area contributed by atoms with E-state index in [2.05, 4.69) is 10.0 Å². The van der Waals surface area contributed by atoms with E-state index < -0.39 is 0 Å². The van der Waals surface area contributed by atoms with Crippen molar-refractivity contribution in [2.45, 2.75) is 20.4 Å². The molecule has 0 fully saturated rings. The first-order valence-electron chi connectivity index (χ1n) is 8.40. The highest BCUT2D eigenvalue weighted by atomic mass is 16.5. The lowest BCUT2D eigenvalue weighted by molar-refractivity contribution is 0.0527. The number of aromatic nitrogens is 1. The van der Waals surface area contributed by atoms with Crippen LogP contribution in [-0.4, -0.2) is 30.8 Å². The molecule has 1 aromatic heterocycles. The molecule has 0 saturated carbocycles. The number of fused-ring (bicyclic) bond motifs is 3. The third-order valence-corrected chi connectivity index (χ3v) is 4.47. The van der Waals surface area contributed by atoms with Crippen molar-refractivity contribution >= 4 is 27.6 Å². The van der Waals surface area contributed by atoms with Gasteiger partial charge in [-0.1, -0.05) is 29.4 Å². The largest absolute Gasteiger partial charge is 0.496 e. The number of hydrogen-bond acceptors (Lipinski definition) is 4. The van der Waals surface area contributed by atoms with Gasteiger partial charge in [-0.05, 0) is 25.4 Å². The molecule has 26 heavy (non-hydrogen) atoms. The van der Waals surface area contributed by atoms with Crippen molar-refractivity contribution in [1.29, 1.82) is 0 Å². The van der Waals surface area contributed by atoms with Crippen LogP contribution < -0.4 is 4.74 Å². The van der Waals surface area contributed by atoms with Crippen molar-refractivity contribution < 1.29 is 14.3 Å². The number of hydrogen-bond donors (Lipinski definition) is 0. The molecule has 0 aliphatic rings. The van der Waals surface area contributed by atoms with E-state index in [0.717, 1.165) is 27.4 Å². The van der Waals surface area contributed by atoms with Crippen LogP contribution in [0.5, 0.6) is 5.75 Å². The summed E-state index contributed by atoms with van der Waals surface area (Å²) in [7, 11) is 1.61. The molecule has 0 spiro atoms. The summed E-state index contributed by atoms with van der Waals surface area (Å²) in [6, 6.07) is 9.76. The third kappa shape index (κ3) is 2.82. The molecule has 7 heteroatoms. The lowest BCUT2D eigenvalue weighted by Gasteiger charge is -2.11. The van der Waals surface area contributed by atoms with E-state index in [1.807, 2.05) is 41.8 Å². The number of azide groups is 1. The number of rotatable bonds is 6. The Morgan fingerprint density at radius 3 is 2.65 bits per heavy atom. The summed E-state index contributed by atoms with van der Waals surface area (Å²) in [6.07, 6.45) is 0. The van der Waals surface area contributed by atoms with Gasteiger partial charge in [0.1, 0.15) is 5.75 Å². The van der Waals surface area contributed by atoms with E-state index in [1.54, 1.807) is 14.0 Å². The van der Waals surface area contributed by atoms with E-state index in [4.69, 9.17) is 15.0 Å². The highest BCUT2D eigenvalue weighted by molar-refractivity contribution is 6.16. The Balaban J connectivity index is 2.40. The van der Waals surface area contributed by atoms with Gasteiger partial charge in [0.05, 0.1) is 24.8 Å². The van der Waals surface area contributed by atoms with Gasteiger partial charge < -0.3 is 14.0 Å². The van der Waals surface area contributed by atoms with E-state index >= 15 is 0 Å². The minimum Gasteiger partial charge on any atom is -0.496 e. The van der Waals surface area contributed by atoms with Gasteiger partial charge in [0.15, 0.2) is 0 Å². The molecular weight excluding hydrogens is 332 g/mol. The maximum Gasteiger partial charge on any atom is 0.340 e. The Bertz CT molecular complexity index is 1030. The van der Waals surface area contributed by atoms with Gasteiger partial charge in [0.25, 0.3) is 0 Å². The fourth-order valence-electron chi connectivity index (χ4n) is 3.40. The zero-order chi connectivity index (χ0) is 18.7. The molecule has 0 N–H and O–H groups in total. The zero-order valence-corrected chi connectivity index (χ0v) is 15.0. The molecule has 3 aromatic rings. The van der Waals surface area contributed by atoms with Crippen molar-refractivity contribution in [3.8, 4) is 5.75 Å². The van der Waals surface area contributed by atoms with Gasteiger partial charge >= 0.3 is 5.97 Å². The first-order valence-corrected chi connectivity index (χ1v) is 8.40. The van der Waals surface area contributed by atoms with E-state index in [-0.39, 0.29) is 5.97 Å². The molecule has 0 aliphatic carbocycles. The fraction of sp³-hybridized carbons (Fsp3) is 0.316. The van der Waals surface area contributed by atoms with E-state index in [0.29, 0.717) is 31.0 Å². The Labute approximate surface area is 150 Å². The molecule has 0 bridgehead atoms. The normalized spacial score (nSPS) is 10.7. The number of carbonyl (C=O) groups is 1. The number of benzene rings is 2. The summed E-state index contributed by atoms with van der Waals surface area (Å²) < 4.78 is 12.8. The number of esters is 1. The Morgan fingerprint density at radius 2 is 2.00 bits per heavy atom. The van der Waals surface area contributed by atoms with Crippen molar-refractivity contribution in [3.05, 3.63) is 52.0 Å². The number of methoxy groups -OCH3 is 1. The van der Waals surface area contributed by atoms with Gasteiger partial charge in [-0.3, -0.25) is 0 Å². The van der Waals surface area contributed by atoms with E-state index in [1.165, 1.54) is 0 Å². The maximum absolute atomic E-state index is 12.6. The highest BCUT2D eigenvalue weighted by Crippen LogP contribution is 2.38. The molecule has 3 rings (SSSR count). The predicted octanol–water partition coefficient (Wildman–Crippen LogP) is 4.60. The summed E-state index contributed by atoms with van der Waals surface area (Å²) in [5, 5.41) is 6.35. The van der Waals surface area contributed by atoms with Crippen LogP contribution in [-0.2, 0) is 11.3 Å². The van der Waals surface area contributed by atoms with Gasteiger partial charge in [-0.15, -0.1) is 0 Å². The van der Waals surface area contributed by atoms with E-state index in [9.17, 15) is 4.79 Å². The van der Waals surface area contributed by atoms with Crippen LogP contribution in [0.1, 0.15) is 23.0 Å². The third-order valence-electron chi connectivity index (χ3n) is 4.47. The topological polar surface area (TPSA) is 89.2 Å². The molecule has 0 aliphatic heterocycles. The van der Waals surface area contributed by atoms with Crippen molar-refractivity contribution in [2.75, 3.05) is 20.3 Å². The number of ether oxygens (including phenoxy) is 2. The molecule has 134 valence electrons. The minimum absolute atomic E-state index is 0.295. The summed E-state index contributed by atoms with van der Waals surface area (Å²) in [6.45, 7) is 4.73. The van der Waals surface area contributed by atoms with Crippen LogP contribution >= 0.6 is 0 Å². The van der Waals surface area contributed by atoms with Crippen LogP contribution in [0.25, 0.3) is 32.1 Å². The monoisotopic (exact) mass is 352 g/mol. The Kier molecular flexibility index (Phi) is 5.00. The molecule has 0 radical (unpaired) electrons. The molecule has 0 atom stereocenters. The summed E-state index contributed by atoms with van der Waals surface area (Å²) in [5.74, 6) is 0.334. The minimum atomic E-state index is -0.366. The quantitative estimate of drug-likeness (QED) is 0.281. The first kappa shape index (κ1) is 17.6. The Morgan fingerprint density at radius 1 is 1.27 bits per heavy atom. The van der Waals surface area contributed by atoms with Crippen LogP contribution in [0.2, 0.25) is 0 Å². The molecule has 2 aromatic carbocycles. The van der Waals surface area contributed by atoms with Crippen LogP contribution in [0, 0.1) is 6.92 Å². The van der Waals surface area contributed by atoms with Crippen molar-refractivity contribution in [1.82, 2.24) is 4.57 Å². The van der Waals surface area contributed by atoms with Crippen LogP contribution in [0.3, 0.4) is 0 Å². The fourth-order valence-corrected chi connectivity index (χ4v) is 3.40. The number of carbonyl (C=O) groups excluding carboxylic acids is 1. The molecule has 1 heterocycles. The standard InChI is InChI=1S/C19H20N4O3/c1-4-26-19(24)17-12(2)23(10-9-21-22-20)18-14-8-6-5-7-13(14)16(25-3)11-15(17)18/h5-8,11H,4,9-10H2,1-3H3. The Hall–Kier alpha value is -3.18. The van der Waals surface area contributed by atoms with Crippen LogP contribution in [0.15, 0.2) is 35.4 Å². The smallest absolute Gasteiger partial charge is 0.340 e. The van der Waals surface area contributed by atoms with Gasteiger partial charge in [0, 0.05) is 39.9 Å². The average molecular weight is 352 g/mol. The second-order valence-corrected chi connectivity index (χ2v) is 5.81. The molecular formula is C19H20N4O3. The zero-order valence-electron chi connectivity index (χ0n) is 15.0. The first-order chi connectivity index (χ1) is 12.6. The van der Waals surface area contributed by atoms with Gasteiger partial charge in [-0.25, -0.2) is 4.79 Å². The summed E-state index contributed by atoms with van der Waals surface area (Å²) in [4.78, 5) is 15.4. The van der Waals surface area contributed by atoms with Gasteiger partial charge in [-0.2, -0.15) is 0 Å². The highest BCUT2D eigenvalue weighted by Gasteiger charge is 2.23. The molecule has 0 unspecified atom stereocenters. The maximum atomic E-state index is 12.6. The van der Waals surface area contributed by atoms with Crippen molar-refractivity contribution in [2.24, 2.45) is 5.11 Å². The number of nitrogens with zero attached hydrogens (tertiary/aromatic N) is 4. The summed E-state index contributed by atoms with van der Waals surface area (Å²) in [5.41, 5.74) is 10.8. The second kappa shape index (κ2) is 7.37. The lowest BCUT2D eigenvalue weighted by atomic mass is 10.0. The van der Waals surface area contributed by atoms with Crippen molar-refractivity contribution in [3.63, 3.8) is 0 Å². The second-order valence-electron chi connectivity index (χ2n) is 5.81. The molecule has 0 saturated heterocycles. The summed E-state index contributed by atoms with van der Waals surface area (Å²) >= 11 is 0. The van der Waals surface area contributed by atoms with Gasteiger partial charge in [0.2, 0.25) is 0 Å².